The van der Waals surface area contributed by atoms with Crippen LogP contribution in [0.25, 0.3) is 21.7 Å². The first kappa shape index (κ1) is 14.8. The summed E-state index contributed by atoms with van der Waals surface area (Å²) in [5.41, 5.74) is 1.49. The number of benzene rings is 3. The van der Waals surface area contributed by atoms with Gasteiger partial charge in [0.15, 0.2) is 5.76 Å². The molecule has 0 aliphatic heterocycles. The number of rotatable bonds is 2. The zero-order valence-corrected chi connectivity index (χ0v) is 13.7. The van der Waals surface area contributed by atoms with Crippen LogP contribution in [0.3, 0.4) is 0 Å². The Hall–Kier alpha value is -2.78. The molecule has 0 N–H and O–H groups in total. The standard InChI is InChI=1S/C20H14ClNO2/c1-22(17-8-4-6-13-5-2-3-7-16(13)17)20(23)19-12-14-11-15(21)9-10-18(14)24-19/h2-12H,1H3. The Kier molecular flexibility index (Phi) is 3.51. The van der Waals surface area contributed by atoms with E-state index in [-0.39, 0.29) is 5.91 Å². The normalized spacial score (nSPS) is 11.1. The van der Waals surface area contributed by atoms with Gasteiger partial charge in [-0.15, -0.1) is 0 Å². The molecule has 3 aromatic carbocycles. The Morgan fingerprint density at radius 3 is 2.62 bits per heavy atom. The third kappa shape index (κ3) is 2.43. The van der Waals surface area contributed by atoms with E-state index in [9.17, 15) is 4.79 Å². The van der Waals surface area contributed by atoms with E-state index in [0.29, 0.717) is 16.4 Å². The summed E-state index contributed by atoms with van der Waals surface area (Å²) < 4.78 is 5.69. The van der Waals surface area contributed by atoms with Crippen molar-refractivity contribution in [3.8, 4) is 0 Å². The number of anilines is 1. The third-order valence-electron chi connectivity index (χ3n) is 4.12. The van der Waals surface area contributed by atoms with Gasteiger partial charge in [0.05, 0.1) is 5.69 Å². The lowest BCUT2D eigenvalue weighted by Gasteiger charge is -2.18. The number of fused-ring (bicyclic) bond motifs is 2. The molecular formula is C20H14ClNO2. The first-order chi connectivity index (χ1) is 11.6. The van der Waals surface area contributed by atoms with Gasteiger partial charge in [0.2, 0.25) is 0 Å². The second kappa shape index (κ2) is 5.69. The fraction of sp³-hybridized carbons (Fsp3) is 0.0500. The second-order valence-corrected chi connectivity index (χ2v) is 6.09. The predicted octanol–water partition coefficient (Wildman–Crippen LogP) is 5.52. The van der Waals surface area contributed by atoms with Crippen LogP contribution < -0.4 is 4.90 Å². The van der Waals surface area contributed by atoms with Gasteiger partial charge in [-0.05, 0) is 35.7 Å². The summed E-state index contributed by atoms with van der Waals surface area (Å²) in [6.07, 6.45) is 0. The lowest BCUT2D eigenvalue weighted by atomic mass is 10.1. The Bertz CT molecular complexity index is 1060. The number of amides is 1. The molecule has 3 nitrogen and oxygen atoms in total. The number of carbonyl (C=O) groups excluding carboxylic acids is 1. The van der Waals surface area contributed by atoms with Crippen LogP contribution >= 0.6 is 11.6 Å². The number of hydrogen-bond acceptors (Lipinski definition) is 2. The van der Waals surface area contributed by atoms with E-state index in [1.807, 2.05) is 42.5 Å². The van der Waals surface area contributed by atoms with E-state index < -0.39 is 0 Å². The van der Waals surface area contributed by atoms with E-state index in [2.05, 4.69) is 0 Å². The van der Waals surface area contributed by atoms with E-state index in [0.717, 1.165) is 21.8 Å². The third-order valence-corrected chi connectivity index (χ3v) is 4.36. The van der Waals surface area contributed by atoms with Crippen molar-refractivity contribution in [2.24, 2.45) is 0 Å². The molecule has 0 unspecified atom stereocenters. The van der Waals surface area contributed by atoms with Gasteiger partial charge in [0, 0.05) is 22.8 Å². The molecule has 4 rings (SSSR count). The number of carbonyl (C=O) groups is 1. The Labute approximate surface area is 144 Å². The molecule has 0 saturated carbocycles. The van der Waals surface area contributed by atoms with Crippen LogP contribution in [0.4, 0.5) is 5.69 Å². The largest absolute Gasteiger partial charge is 0.451 e. The van der Waals surface area contributed by atoms with E-state index in [4.69, 9.17) is 16.0 Å². The summed E-state index contributed by atoms with van der Waals surface area (Å²) in [7, 11) is 1.75. The average molecular weight is 336 g/mol. The molecule has 0 saturated heterocycles. The van der Waals surface area contributed by atoms with Crippen molar-refractivity contribution >= 4 is 44.9 Å². The van der Waals surface area contributed by atoms with Gasteiger partial charge in [-0.2, -0.15) is 0 Å². The van der Waals surface area contributed by atoms with Crippen LogP contribution in [0.15, 0.2) is 71.1 Å². The molecule has 0 fully saturated rings. The highest BCUT2D eigenvalue weighted by atomic mass is 35.5. The van der Waals surface area contributed by atoms with Crippen molar-refractivity contribution in [3.05, 3.63) is 77.5 Å². The molecule has 0 bridgehead atoms. The van der Waals surface area contributed by atoms with Gasteiger partial charge in [-0.25, -0.2) is 0 Å². The van der Waals surface area contributed by atoms with E-state index in [1.165, 1.54) is 0 Å². The zero-order valence-electron chi connectivity index (χ0n) is 13.0. The minimum atomic E-state index is -0.196. The van der Waals surface area contributed by atoms with Gasteiger partial charge in [-0.3, -0.25) is 4.79 Å². The highest BCUT2D eigenvalue weighted by Gasteiger charge is 2.19. The highest BCUT2D eigenvalue weighted by molar-refractivity contribution is 6.31. The van der Waals surface area contributed by atoms with Gasteiger partial charge in [0.25, 0.3) is 5.91 Å². The molecule has 1 heterocycles. The van der Waals surface area contributed by atoms with Crippen LogP contribution in [0.2, 0.25) is 5.02 Å². The predicted molar refractivity (Wildman–Crippen MR) is 97.9 cm³/mol. The van der Waals surface area contributed by atoms with E-state index >= 15 is 0 Å². The molecule has 4 aromatic rings. The molecule has 1 amide bonds. The summed E-state index contributed by atoms with van der Waals surface area (Å²) >= 11 is 5.99. The summed E-state index contributed by atoms with van der Waals surface area (Å²) in [6, 6.07) is 20.9. The Morgan fingerprint density at radius 2 is 1.75 bits per heavy atom. The molecule has 0 atom stereocenters. The fourth-order valence-corrected chi connectivity index (χ4v) is 3.08. The van der Waals surface area contributed by atoms with E-state index in [1.54, 1.807) is 36.2 Å². The lowest BCUT2D eigenvalue weighted by Crippen LogP contribution is -2.25. The Morgan fingerprint density at radius 1 is 0.958 bits per heavy atom. The summed E-state index contributed by atoms with van der Waals surface area (Å²) in [4.78, 5) is 14.5. The molecule has 0 aliphatic carbocycles. The van der Waals surface area contributed by atoms with Crippen molar-refractivity contribution in [1.29, 1.82) is 0 Å². The molecule has 0 spiro atoms. The SMILES string of the molecule is CN(C(=O)c1cc2cc(Cl)ccc2o1)c1cccc2ccccc12. The van der Waals surface area contributed by atoms with Crippen LogP contribution in [-0.2, 0) is 0 Å². The summed E-state index contributed by atoms with van der Waals surface area (Å²) in [5, 5.41) is 3.54. The van der Waals surface area contributed by atoms with Crippen molar-refractivity contribution in [3.63, 3.8) is 0 Å². The number of furan rings is 1. The highest BCUT2D eigenvalue weighted by Crippen LogP contribution is 2.29. The number of hydrogen-bond donors (Lipinski definition) is 0. The minimum absolute atomic E-state index is 0.196. The maximum absolute atomic E-state index is 12.8. The summed E-state index contributed by atoms with van der Waals surface area (Å²) in [5.74, 6) is 0.0985. The van der Waals surface area contributed by atoms with Gasteiger partial charge < -0.3 is 9.32 Å². The molecule has 0 aliphatic rings. The minimum Gasteiger partial charge on any atom is -0.451 e. The van der Waals surface area contributed by atoms with Gasteiger partial charge >= 0.3 is 0 Å². The number of halogens is 1. The maximum Gasteiger partial charge on any atom is 0.293 e. The zero-order chi connectivity index (χ0) is 16.7. The average Bonchev–Trinajstić information content (AvgIpc) is 3.03. The van der Waals surface area contributed by atoms with Gasteiger partial charge in [0.1, 0.15) is 5.58 Å². The van der Waals surface area contributed by atoms with Crippen LogP contribution in [0.5, 0.6) is 0 Å². The first-order valence-electron chi connectivity index (χ1n) is 7.58. The maximum atomic E-state index is 12.8. The van der Waals surface area contributed by atoms with Crippen molar-refractivity contribution in [2.75, 3.05) is 11.9 Å². The molecule has 24 heavy (non-hydrogen) atoms. The lowest BCUT2D eigenvalue weighted by molar-refractivity contribution is 0.0969. The van der Waals surface area contributed by atoms with Crippen LogP contribution in [-0.4, -0.2) is 13.0 Å². The quantitative estimate of drug-likeness (QED) is 0.483. The molecular weight excluding hydrogens is 322 g/mol. The van der Waals surface area contributed by atoms with Crippen LogP contribution in [0, 0.1) is 0 Å². The molecule has 1 aromatic heterocycles. The molecule has 4 heteroatoms. The van der Waals surface area contributed by atoms with Crippen molar-refractivity contribution in [2.45, 2.75) is 0 Å². The topological polar surface area (TPSA) is 33.5 Å². The Balaban J connectivity index is 1.77. The van der Waals surface area contributed by atoms with Crippen molar-refractivity contribution in [1.82, 2.24) is 0 Å². The number of nitrogens with zero attached hydrogens (tertiary/aromatic N) is 1. The van der Waals surface area contributed by atoms with Gasteiger partial charge in [-0.1, -0.05) is 48.0 Å². The summed E-state index contributed by atoms with van der Waals surface area (Å²) in [6.45, 7) is 0. The van der Waals surface area contributed by atoms with Crippen LogP contribution in [0.1, 0.15) is 10.6 Å². The second-order valence-electron chi connectivity index (χ2n) is 5.66. The monoisotopic (exact) mass is 335 g/mol. The first-order valence-corrected chi connectivity index (χ1v) is 7.96. The molecule has 0 radical (unpaired) electrons. The van der Waals surface area contributed by atoms with Crippen molar-refractivity contribution < 1.29 is 9.21 Å². The molecule has 118 valence electrons. The smallest absolute Gasteiger partial charge is 0.293 e. The fourth-order valence-electron chi connectivity index (χ4n) is 2.90.